The molecule has 0 radical (unpaired) electrons. The van der Waals surface area contributed by atoms with Crippen LogP contribution in [-0.4, -0.2) is 49.5 Å². The predicted molar refractivity (Wildman–Crippen MR) is 57.6 cm³/mol. The molecule has 1 aromatic heterocycles. The Hall–Kier alpha value is -1.70. The minimum atomic E-state index is -3.61. The van der Waals surface area contributed by atoms with Gasteiger partial charge in [0.25, 0.3) is 5.91 Å². The first-order chi connectivity index (χ1) is 7.23. The second-order valence-electron chi connectivity index (χ2n) is 3.42. The molecule has 0 aliphatic carbocycles. The standard InChI is InChI=1S/C8H12N4O3S/c1-12(2)7(13)5-4-10-8(9)11-6(5)16(3,14)15/h4H,1-3H3,(H2,9,10,11). The molecule has 7 nitrogen and oxygen atoms in total. The van der Waals surface area contributed by atoms with Crippen molar-refractivity contribution >= 4 is 21.7 Å². The topological polar surface area (TPSA) is 106 Å². The summed E-state index contributed by atoms with van der Waals surface area (Å²) in [6, 6.07) is 0. The van der Waals surface area contributed by atoms with Gasteiger partial charge >= 0.3 is 0 Å². The third-order valence-corrected chi connectivity index (χ3v) is 2.77. The number of sulfone groups is 1. The van der Waals surface area contributed by atoms with Gasteiger partial charge in [0.15, 0.2) is 14.9 Å². The van der Waals surface area contributed by atoms with E-state index in [-0.39, 0.29) is 16.5 Å². The van der Waals surface area contributed by atoms with E-state index >= 15 is 0 Å². The van der Waals surface area contributed by atoms with Crippen molar-refractivity contribution in [2.24, 2.45) is 0 Å². The molecule has 0 spiro atoms. The van der Waals surface area contributed by atoms with Gasteiger partial charge in [-0.15, -0.1) is 0 Å². The fraction of sp³-hybridized carbons (Fsp3) is 0.375. The van der Waals surface area contributed by atoms with Crippen molar-refractivity contribution in [1.82, 2.24) is 14.9 Å². The number of nitrogens with zero attached hydrogens (tertiary/aromatic N) is 3. The van der Waals surface area contributed by atoms with Crippen LogP contribution in [0.2, 0.25) is 0 Å². The summed E-state index contributed by atoms with van der Waals surface area (Å²) >= 11 is 0. The third-order valence-electron chi connectivity index (χ3n) is 1.76. The quantitative estimate of drug-likeness (QED) is 0.680. The average molecular weight is 244 g/mol. The van der Waals surface area contributed by atoms with E-state index in [1.54, 1.807) is 0 Å². The zero-order valence-electron chi connectivity index (χ0n) is 9.13. The van der Waals surface area contributed by atoms with Crippen LogP contribution in [0.4, 0.5) is 5.95 Å². The number of rotatable bonds is 2. The number of carbonyl (C=O) groups excluding carboxylic acids is 1. The first-order valence-electron chi connectivity index (χ1n) is 4.27. The van der Waals surface area contributed by atoms with Crippen molar-refractivity contribution in [3.05, 3.63) is 11.8 Å². The largest absolute Gasteiger partial charge is 0.368 e. The smallest absolute Gasteiger partial charge is 0.257 e. The van der Waals surface area contributed by atoms with Crippen molar-refractivity contribution < 1.29 is 13.2 Å². The molecule has 0 aliphatic heterocycles. The summed E-state index contributed by atoms with van der Waals surface area (Å²) in [5, 5.41) is -0.348. The molecule has 0 fully saturated rings. The molecule has 16 heavy (non-hydrogen) atoms. The number of nitrogen functional groups attached to an aromatic ring is 1. The van der Waals surface area contributed by atoms with Crippen LogP contribution in [0.5, 0.6) is 0 Å². The molecule has 0 saturated carbocycles. The molecule has 0 atom stereocenters. The molecule has 1 amide bonds. The lowest BCUT2D eigenvalue weighted by atomic mass is 10.3. The fourth-order valence-corrected chi connectivity index (χ4v) is 1.85. The number of hydrogen-bond donors (Lipinski definition) is 1. The molecule has 0 saturated heterocycles. The number of amides is 1. The molecular weight excluding hydrogens is 232 g/mol. The predicted octanol–water partition coefficient (Wildman–Crippen LogP) is -0.836. The summed E-state index contributed by atoms with van der Waals surface area (Å²) in [6.07, 6.45) is 2.07. The van der Waals surface area contributed by atoms with E-state index in [1.807, 2.05) is 0 Å². The number of hydrogen-bond acceptors (Lipinski definition) is 6. The minimum Gasteiger partial charge on any atom is -0.368 e. The second kappa shape index (κ2) is 4.05. The van der Waals surface area contributed by atoms with Gasteiger partial charge in [-0.05, 0) is 0 Å². The van der Waals surface area contributed by atoms with E-state index in [0.29, 0.717) is 0 Å². The van der Waals surface area contributed by atoms with Gasteiger partial charge in [-0.3, -0.25) is 4.79 Å². The Morgan fingerprint density at radius 3 is 2.44 bits per heavy atom. The Kier molecular flexibility index (Phi) is 3.13. The molecule has 2 N–H and O–H groups in total. The maximum Gasteiger partial charge on any atom is 0.257 e. The molecule has 0 unspecified atom stereocenters. The zero-order valence-corrected chi connectivity index (χ0v) is 9.95. The van der Waals surface area contributed by atoms with Crippen LogP contribution in [0.3, 0.4) is 0 Å². The number of nitrogens with two attached hydrogens (primary N) is 1. The second-order valence-corrected chi connectivity index (χ2v) is 5.35. The maximum absolute atomic E-state index is 11.7. The first-order valence-corrected chi connectivity index (χ1v) is 6.17. The Morgan fingerprint density at radius 2 is 2.00 bits per heavy atom. The highest BCUT2D eigenvalue weighted by molar-refractivity contribution is 7.90. The minimum absolute atomic E-state index is 0.0818. The Morgan fingerprint density at radius 1 is 1.44 bits per heavy atom. The van der Waals surface area contributed by atoms with Gasteiger partial charge in [-0.1, -0.05) is 0 Å². The summed E-state index contributed by atoms with van der Waals surface area (Å²) < 4.78 is 22.8. The van der Waals surface area contributed by atoms with Gasteiger partial charge in [-0.2, -0.15) is 0 Å². The molecule has 1 heterocycles. The highest BCUT2D eigenvalue weighted by Gasteiger charge is 2.22. The van der Waals surface area contributed by atoms with E-state index in [1.165, 1.54) is 19.0 Å². The van der Waals surface area contributed by atoms with Gasteiger partial charge in [0.1, 0.15) is 0 Å². The molecule has 0 aliphatic rings. The van der Waals surface area contributed by atoms with Crippen LogP contribution in [0.25, 0.3) is 0 Å². The molecular formula is C8H12N4O3S. The number of carbonyl (C=O) groups is 1. The third kappa shape index (κ3) is 2.45. The monoisotopic (exact) mass is 244 g/mol. The summed E-state index contributed by atoms with van der Waals surface area (Å²) in [5.41, 5.74) is 5.21. The van der Waals surface area contributed by atoms with Gasteiger partial charge < -0.3 is 10.6 Å². The summed E-state index contributed by atoms with van der Waals surface area (Å²) in [7, 11) is -0.604. The number of aromatic nitrogens is 2. The average Bonchev–Trinajstić information content (AvgIpc) is 2.15. The van der Waals surface area contributed by atoms with E-state index in [9.17, 15) is 13.2 Å². The summed E-state index contributed by atoms with van der Waals surface area (Å²) in [5.74, 6) is -0.670. The summed E-state index contributed by atoms with van der Waals surface area (Å²) in [4.78, 5) is 20.1. The lowest BCUT2D eigenvalue weighted by molar-refractivity contribution is 0.0822. The van der Waals surface area contributed by atoms with Crippen LogP contribution < -0.4 is 5.73 Å². The van der Waals surface area contributed by atoms with Crippen molar-refractivity contribution in [3.8, 4) is 0 Å². The van der Waals surface area contributed by atoms with Gasteiger partial charge in [0.05, 0.1) is 5.56 Å². The lowest BCUT2D eigenvalue weighted by Gasteiger charge is -2.12. The van der Waals surface area contributed by atoms with Crippen molar-refractivity contribution in [2.75, 3.05) is 26.1 Å². The van der Waals surface area contributed by atoms with Crippen LogP contribution in [-0.2, 0) is 9.84 Å². The zero-order chi connectivity index (χ0) is 12.5. The van der Waals surface area contributed by atoms with E-state index in [4.69, 9.17) is 5.73 Å². The lowest BCUT2D eigenvalue weighted by Crippen LogP contribution is -2.25. The summed E-state index contributed by atoms with van der Waals surface area (Å²) in [6.45, 7) is 0. The molecule has 0 aromatic carbocycles. The van der Waals surface area contributed by atoms with Gasteiger partial charge in [-0.25, -0.2) is 18.4 Å². The molecule has 88 valence electrons. The van der Waals surface area contributed by atoms with Crippen molar-refractivity contribution in [3.63, 3.8) is 0 Å². The van der Waals surface area contributed by atoms with Gasteiger partial charge in [0, 0.05) is 26.5 Å². The van der Waals surface area contributed by atoms with E-state index < -0.39 is 15.7 Å². The molecule has 1 rings (SSSR count). The number of anilines is 1. The van der Waals surface area contributed by atoms with Crippen molar-refractivity contribution in [2.45, 2.75) is 5.03 Å². The maximum atomic E-state index is 11.7. The van der Waals surface area contributed by atoms with Crippen LogP contribution in [0.15, 0.2) is 11.2 Å². The van der Waals surface area contributed by atoms with E-state index in [2.05, 4.69) is 9.97 Å². The molecule has 1 aromatic rings. The first kappa shape index (κ1) is 12.4. The van der Waals surface area contributed by atoms with Crippen LogP contribution in [0, 0.1) is 0 Å². The highest BCUT2D eigenvalue weighted by atomic mass is 32.2. The Balaban J connectivity index is 3.47. The normalized spacial score (nSPS) is 11.2. The fourth-order valence-electron chi connectivity index (χ4n) is 1.05. The van der Waals surface area contributed by atoms with Gasteiger partial charge in [0.2, 0.25) is 5.95 Å². The molecule has 0 bridgehead atoms. The SMILES string of the molecule is CN(C)C(=O)c1cnc(N)nc1S(C)(=O)=O. The molecule has 8 heteroatoms. The van der Waals surface area contributed by atoms with Crippen LogP contribution >= 0.6 is 0 Å². The van der Waals surface area contributed by atoms with E-state index in [0.717, 1.165) is 12.5 Å². The highest BCUT2D eigenvalue weighted by Crippen LogP contribution is 2.14. The van der Waals surface area contributed by atoms with Crippen molar-refractivity contribution in [1.29, 1.82) is 0 Å². The Labute approximate surface area is 93.2 Å². The Bertz CT molecular complexity index is 524. The van der Waals surface area contributed by atoms with Crippen LogP contribution in [0.1, 0.15) is 10.4 Å².